The third-order valence-corrected chi connectivity index (χ3v) is 4.42. The molecule has 2 atom stereocenters. The lowest BCUT2D eigenvalue weighted by Gasteiger charge is -2.32. The Labute approximate surface area is 131 Å². The monoisotopic (exact) mass is 316 g/mol. The van der Waals surface area contributed by atoms with Gasteiger partial charge in [0.15, 0.2) is 0 Å². The van der Waals surface area contributed by atoms with Crippen LogP contribution in [0.5, 0.6) is 0 Å². The number of carbonyl (C=O) groups excluding carboxylic acids is 1. The fourth-order valence-corrected chi connectivity index (χ4v) is 2.75. The van der Waals surface area contributed by atoms with Crippen molar-refractivity contribution in [1.29, 1.82) is 0 Å². The second-order valence-corrected chi connectivity index (χ2v) is 5.71. The van der Waals surface area contributed by atoms with Crippen LogP contribution in [0.2, 0.25) is 5.02 Å². The maximum Gasteiger partial charge on any atom is 0.240 e. The van der Waals surface area contributed by atoms with E-state index >= 15 is 0 Å². The number of hydrogen-bond donors (Lipinski definition) is 1. The van der Waals surface area contributed by atoms with Crippen molar-refractivity contribution < 1.29 is 4.79 Å². The molecule has 1 aromatic rings. The first-order valence-corrected chi connectivity index (χ1v) is 7.23. The molecule has 1 aromatic carbocycles. The first-order valence-electron chi connectivity index (χ1n) is 6.85. The Morgan fingerprint density at radius 2 is 2.20 bits per heavy atom. The van der Waals surface area contributed by atoms with Crippen molar-refractivity contribution in [2.45, 2.75) is 39.3 Å². The summed E-state index contributed by atoms with van der Waals surface area (Å²) >= 11 is 6.18. The molecule has 0 aromatic heterocycles. The van der Waals surface area contributed by atoms with Crippen molar-refractivity contribution >= 4 is 29.9 Å². The molecule has 2 rings (SSSR count). The van der Waals surface area contributed by atoms with Crippen LogP contribution in [0.3, 0.4) is 0 Å². The average molecular weight is 317 g/mol. The summed E-state index contributed by atoms with van der Waals surface area (Å²) in [5, 5.41) is 0.802. The van der Waals surface area contributed by atoms with Gasteiger partial charge in [0, 0.05) is 18.1 Å². The minimum Gasteiger partial charge on any atom is -0.337 e. The van der Waals surface area contributed by atoms with E-state index < -0.39 is 6.04 Å². The number of fused-ring (bicyclic) bond motifs is 1. The number of nitrogens with two attached hydrogens (primary N) is 1. The van der Waals surface area contributed by atoms with Crippen molar-refractivity contribution in [3.8, 4) is 0 Å². The number of rotatable bonds is 3. The van der Waals surface area contributed by atoms with Crippen LogP contribution in [0.4, 0.5) is 0 Å². The topological polar surface area (TPSA) is 46.3 Å². The normalized spacial score (nSPS) is 16.9. The number of carbonyl (C=O) groups is 1. The van der Waals surface area contributed by atoms with E-state index in [1.165, 1.54) is 5.56 Å². The quantitative estimate of drug-likeness (QED) is 0.931. The molecule has 1 amide bonds. The number of amides is 1. The highest BCUT2D eigenvalue weighted by Gasteiger charge is 2.28. The Hall–Kier alpha value is -0.770. The summed E-state index contributed by atoms with van der Waals surface area (Å²) in [7, 11) is 0. The van der Waals surface area contributed by atoms with E-state index in [1.54, 1.807) is 0 Å². The zero-order valence-electron chi connectivity index (χ0n) is 11.9. The van der Waals surface area contributed by atoms with Gasteiger partial charge in [-0.25, -0.2) is 0 Å². The molecule has 112 valence electrons. The lowest BCUT2D eigenvalue weighted by molar-refractivity contribution is -0.134. The summed E-state index contributed by atoms with van der Waals surface area (Å²) in [4.78, 5) is 14.2. The molecule has 2 N–H and O–H groups in total. The Balaban J connectivity index is 0.00000200. The molecular formula is C15H22Cl2N2O. The SMILES string of the molecule is CCC(C)C(N)C(=O)N1CCc2c(Cl)cccc2C1.Cl. The Bertz CT molecular complexity index is 479. The molecule has 3 nitrogen and oxygen atoms in total. The molecule has 0 saturated carbocycles. The van der Waals surface area contributed by atoms with Gasteiger partial charge >= 0.3 is 0 Å². The first-order chi connectivity index (χ1) is 9.04. The third kappa shape index (κ3) is 3.46. The van der Waals surface area contributed by atoms with Crippen LogP contribution in [-0.2, 0) is 17.8 Å². The van der Waals surface area contributed by atoms with Gasteiger partial charge in [0.2, 0.25) is 5.91 Å². The minimum atomic E-state index is -0.397. The first kappa shape index (κ1) is 17.3. The molecule has 0 fully saturated rings. The van der Waals surface area contributed by atoms with Crippen LogP contribution in [0.15, 0.2) is 18.2 Å². The fraction of sp³-hybridized carbons (Fsp3) is 0.533. The Kier molecular flexibility index (Phi) is 6.31. The van der Waals surface area contributed by atoms with Gasteiger partial charge in [-0.3, -0.25) is 4.79 Å². The molecule has 2 unspecified atom stereocenters. The highest BCUT2D eigenvalue weighted by molar-refractivity contribution is 6.31. The number of nitrogens with zero attached hydrogens (tertiary/aromatic N) is 1. The summed E-state index contributed by atoms with van der Waals surface area (Å²) in [5.41, 5.74) is 8.35. The second-order valence-electron chi connectivity index (χ2n) is 5.30. The highest BCUT2D eigenvalue weighted by Crippen LogP contribution is 2.26. The largest absolute Gasteiger partial charge is 0.337 e. The van der Waals surface area contributed by atoms with Gasteiger partial charge in [0.25, 0.3) is 0 Å². The van der Waals surface area contributed by atoms with Gasteiger partial charge in [0.1, 0.15) is 0 Å². The van der Waals surface area contributed by atoms with Crippen LogP contribution in [0.25, 0.3) is 0 Å². The molecule has 1 aliphatic rings. The van der Waals surface area contributed by atoms with Crippen LogP contribution in [0, 0.1) is 5.92 Å². The van der Waals surface area contributed by atoms with E-state index in [-0.39, 0.29) is 24.2 Å². The van der Waals surface area contributed by atoms with E-state index in [0.29, 0.717) is 13.1 Å². The smallest absolute Gasteiger partial charge is 0.240 e. The third-order valence-electron chi connectivity index (χ3n) is 4.06. The molecule has 1 heterocycles. The van der Waals surface area contributed by atoms with Gasteiger partial charge in [-0.05, 0) is 29.5 Å². The maximum atomic E-state index is 12.4. The Morgan fingerprint density at radius 1 is 1.50 bits per heavy atom. The van der Waals surface area contributed by atoms with E-state index in [0.717, 1.165) is 23.4 Å². The highest BCUT2D eigenvalue weighted by atomic mass is 35.5. The lowest BCUT2D eigenvalue weighted by Crippen LogP contribution is -2.48. The van der Waals surface area contributed by atoms with Crippen LogP contribution >= 0.6 is 24.0 Å². The molecule has 0 aliphatic carbocycles. The molecule has 0 saturated heterocycles. The number of halogens is 2. The van der Waals surface area contributed by atoms with Crippen LogP contribution in [-0.4, -0.2) is 23.4 Å². The number of hydrogen-bond acceptors (Lipinski definition) is 2. The van der Waals surface area contributed by atoms with Crippen molar-refractivity contribution in [2.75, 3.05) is 6.54 Å². The summed E-state index contributed by atoms with van der Waals surface area (Å²) < 4.78 is 0. The molecule has 0 radical (unpaired) electrons. The summed E-state index contributed by atoms with van der Waals surface area (Å²) in [6.07, 6.45) is 1.73. The molecule has 1 aliphatic heterocycles. The summed E-state index contributed by atoms with van der Waals surface area (Å²) in [6.45, 7) is 5.42. The van der Waals surface area contributed by atoms with Gasteiger partial charge in [0.05, 0.1) is 6.04 Å². The van der Waals surface area contributed by atoms with Crippen LogP contribution in [0.1, 0.15) is 31.4 Å². The minimum absolute atomic E-state index is 0. The predicted molar refractivity (Wildman–Crippen MR) is 85.3 cm³/mol. The standard InChI is InChI=1S/C15H21ClN2O.ClH/c1-3-10(2)14(17)15(19)18-8-7-12-11(9-18)5-4-6-13(12)16;/h4-6,10,14H,3,7-9,17H2,1-2H3;1H. The molecule has 5 heteroatoms. The zero-order chi connectivity index (χ0) is 14.0. The molecule has 20 heavy (non-hydrogen) atoms. The predicted octanol–water partition coefficient (Wildman–Crippen LogP) is 3.02. The second kappa shape index (κ2) is 7.30. The van der Waals surface area contributed by atoms with Gasteiger partial charge in [-0.15, -0.1) is 12.4 Å². The fourth-order valence-electron chi connectivity index (χ4n) is 2.46. The van der Waals surface area contributed by atoms with Crippen molar-refractivity contribution in [2.24, 2.45) is 11.7 Å². The van der Waals surface area contributed by atoms with E-state index in [9.17, 15) is 4.79 Å². The zero-order valence-corrected chi connectivity index (χ0v) is 13.5. The molecular weight excluding hydrogens is 295 g/mol. The summed E-state index contributed by atoms with van der Waals surface area (Å²) in [5.74, 6) is 0.272. The van der Waals surface area contributed by atoms with E-state index in [1.807, 2.05) is 30.0 Å². The van der Waals surface area contributed by atoms with Crippen LogP contribution < -0.4 is 5.73 Å². The van der Waals surface area contributed by atoms with Crippen molar-refractivity contribution in [3.63, 3.8) is 0 Å². The average Bonchev–Trinajstić information content (AvgIpc) is 2.44. The van der Waals surface area contributed by atoms with Crippen molar-refractivity contribution in [3.05, 3.63) is 34.3 Å². The number of benzene rings is 1. The van der Waals surface area contributed by atoms with Gasteiger partial charge < -0.3 is 10.6 Å². The lowest BCUT2D eigenvalue weighted by atomic mass is 9.95. The summed E-state index contributed by atoms with van der Waals surface area (Å²) in [6, 6.07) is 5.48. The van der Waals surface area contributed by atoms with Gasteiger partial charge in [-0.1, -0.05) is 44.0 Å². The molecule has 0 spiro atoms. The van der Waals surface area contributed by atoms with Crippen molar-refractivity contribution in [1.82, 2.24) is 4.90 Å². The van der Waals surface area contributed by atoms with E-state index in [4.69, 9.17) is 17.3 Å². The van der Waals surface area contributed by atoms with Gasteiger partial charge in [-0.2, -0.15) is 0 Å². The maximum absolute atomic E-state index is 12.4. The Morgan fingerprint density at radius 3 is 2.85 bits per heavy atom. The van der Waals surface area contributed by atoms with E-state index in [2.05, 4.69) is 6.92 Å². The molecule has 0 bridgehead atoms.